The zero-order valence-corrected chi connectivity index (χ0v) is 16.0. The quantitative estimate of drug-likeness (QED) is 0.0602. The second kappa shape index (κ2) is 9.85. The van der Waals surface area contributed by atoms with E-state index < -0.39 is 36.6 Å². The maximum Gasteiger partial charge on any atom is 0.315 e. The van der Waals surface area contributed by atoms with E-state index in [1.807, 2.05) is 0 Å². The Bertz CT molecular complexity index is 582. The number of esters is 1. The molecule has 2 rings (SSSR count). The van der Waals surface area contributed by atoms with Crippen LogP contribution in [0.4, 0.5) is 4.79 Å². The van der Waals surface area contributed by atoms with Crippen molar-refractivity contribution in [3.63, 3.8) is 0 Å². The smallest absolute Gasteiger partial charge is 0.315 e. The summed E-state index contributed by atoms with van der Waals surface area (Å²) in [6.45, 7) is -0.877. The Balaban J connectivity index is 1.74. The molecule has 2 fully saturated rings. The summed E-state index contributed by atoms with van der Waals surface area (Å²) >= 11 is 1.76. The molecule has 11 nitrogen and oxygen atoms in total. The van der Waals surface area contributed by atoms with Gasteiger partial charge in [-0.25, -0.2) is 4.79 Å². The number of fused-ring (bicyclic) bond motifs is 1. The zero-order chi connectivity index (χ0) is 20.9. The minimum Gasteiger partial charge on any atom is -0.434 e. The normalized spacial score (nSPS) is 29.0. The molecule has 0 aromatic heterocycles. The molecule has 28 heavy (non-hydrogen) atoms. The minimum atomic E-state index is -2.54. The first-order valence-electron chi connectivity index (χ1n) is 9.02. The first-order chi connectivity index (χ1) is 13.2. The number of aldehydes is 1. The molecule has 2 amide bonds. The Hall–Kier alpha value is -1.44. The number of ether oxygens (including phenoxy) is 1. The topological polar surface area (TPSA) is 191 Å². The molecule has 0 bridgehead atoms. The first kappa shape index (κ1) is 22.8. The number of hydrogen-bond donors (Lipinski definition) is 7. The van der Waals surface area contributed by atoms with E-state index >= 15 is 0 Å². The highest BCUT2D eigenvalue weighted by Crippen LogP contribution is 2.33. The molecule has 2 aliphatic rings. The minimum absolute atomic E-state index is 0.0338. The molecule has 0 saturated carbocycles. The molecule has 0 spiro atoms. The van der Waals surface area contributed by atoms with Crippen molar-refractivity contribution in [1.82, 2.24) is 10.6 Å². The van der Waals surface area contributed by atoms with Crippen molar-refractivity contribution in [3.8, 4) is 0 Å². The Kier molecular flexibility index (Phi) is 8.04. The van der Waals surface area contributed by atoms with Crippen molar-refractivity contribution >= 4 is 30.0 Å². The third-order valence-corrected chi connectivity index (χ3v) is 6.41. The van der Waals surface area contributed by atoms with E-state index in [1.165, 1.54) is 0 Å². The van der Waals surface area contributed by atoms with Crippen LogP contribution in [-0.4, -0.2) is 92.4 Å². The summed E-state index contributed by atoms with van der Waals surface area (Å²) in [4.78, 5) is 34.5. The number of carbonyl (C=O) groups excluding carboxylic acids is 3. The zero-order valence-electron chi connectivity index (χ0n) is 15.2. The van der Waals surface area contributed by atoms with Crippen LogP contribution in [0.3, 0.4) is 0 Å². The molecular formula is C16H27N3O8S. The lowest BCUT2D eigenvalue weighted by Gasteiger charge is -2.32. The number of aliphatic hydroxyl groups is 4. The van der Waals surface area contributed by atoms with Gasteiger partial charge >= 0.3 is 12.0 Å². The summed E-state index contributed by atoms with van der Waals surface area (Å²) in [7, 11) is 0. The van der Waals surface area contributed by atoms with Gasteiger partial charge in [0.1, 0.15) is 18.3 Å². The Morgan fingerprint density at radius 1 is 1.36 bits per heavy atom. The number of nitrogens with one attached hydrogen (secondary N) is 2. The Morgan fingerprint density at radius 3 is 2.71 bits per heavy atom. The molecule has 2 heterocycles. The third-order valence-electron chi connectivity index (χ3n) is 4.90. The lowest BCUT2D eigenvalue weighted by Crippen LogP contribution is -2.62. The van der Waals surface area contributed by atoms with Gasteiger partial charge in [0.25, 0.3) is 0 Å². The van der Waals surface area contributed by atoms with Gasteiger partial charge in [0.15, 0.2) is 6.29 Å². The molecule has 2 aliphatic heterocycles. The highest BCUT2D eigenvalue weighted by molar-refractivity contribution is 8.00. The van der Waals surface area contributed by atoms with E-state index in [0.717, 1.165) is 12.2 Å². The van der Waals surface area contributed by atoms with E-state index in [2.05, 4.69) is 10.6 Å². The van der Waals surface area contributed by atoms with E-state index in [-0.39, 0.29) is 36.1 Å². The van der Waals surface area contributed by atoms with Crippen molar-refractivity contribution in [2.75, 3.05) is 12.4 Å². The second-order valence-electron chi connectivity index (χ2n) is 7.00. The van der Waals surface area contributed by atoms with Crippen molar-refractivity contribution in [1.29, 1.82) is 0 Å². The maximum absolute atomic E-state index is 12.0. The molecule has 12 heteroatoms. The highest BCUT2D eigenvalue weighted by Gasteiger charge is 2.45. The predicted molar refractivity (Wildman–Crippen MR) is 98.1 cm³/mol. The molecule has 0 aromatic carbocycles. The lowest BCUT2D eigenvalue weighted by atomic mass is 9.99. The van der Waals surface area contributed by atoms with Crippen LogP contribution >= 0.6 is 11.8 Å². The van der Waals surface area contributed by atoms with Crippen LogP contribution in [-0.2, 0) is 14.3 Å². The number of unbranched alkanes of at least 4 members (excludes halogenated alkanes) is 1. The third kappa shape index (κ3) is 5.33. The summed E-state index contributed by atoms with van der Waals surface area (Å²) in [5.74, 6) is -0.00228. The predicted octanol–water partition coefficient (Wildman–Crippen LogP) is -2.82. The van der Waals surface area contributed by atoms with Crippen molar-refractivity contribution < 1.29 is 39.5 Å². The van der Waals surface area contributed by atoms with Gasteiger partial charge in [-0.05, 0) is 12.8 Å². The van der Waals surface area contributed by atoms with Gasteiger partial charge < -0.3 is 35.8 Å². The van der Waals surface area contributed by atoms with Gasteiger partial charge in [-0.2, -0.15) is 11.8 Å². The number of carbonyl (C=O) groups is 3. The average molecular weight is 421 g/mol. The van der Waals surface area contributed by atoms with Crippen LogP contribution in [0.25, 0.3) is 0 Å². The number of thioether (sulfide) groups is 1. The van der Waals surface area contributed by atoms with Crippen LogP contribution in [0.1, 0.15) is 25.7 Å². The van der Waals surface area contributed by atoms with Gasteiger partial charge in [0.05, 0.1) is 18.7 Å². The summed E-state index contributed by atoms with van der Waals surface area (Å²) in [6.07, 6.45) is -4.03. The van der Waals surface area contributed by atoms with Gasteiger partial charge in [-0.15, -0.1) is 0 Å². The van der Waals surface area contributed by atoms with Crippen LogP contribution in [0.5, 0.6) is 0 Å². The fourth-order valence-electron chi connectivity index (χ4n) is 3.25. The molecule has 7 atom stereocenters. The van der Waals surface area contributed by atoms with Crippen molar-refractivity contribution in [2.24, 2.45) is 5.73 Å². The van der Waals surface area contributed by atoms with Crippen molar-refractivity contribution in [3.05, 3.63) is 0 Å². The number of amides is 2. The Labute approximate surface area is 166 Å². The van der Waals surface area contributed by atoms with E-state index in [9.17, 15) is 29.7 Å². The molecular weight excluding hydrogens is 394 g/mol. The van der Waals surface area contributed by atoms with Crippen LogP contribution < -0.4 is 16.4 Å². The van der Waals surface area contributed by atoms with Crippen LogP contribution in [0.2, 0.25) is 0 Å². The fourth-order valence-corrected chi connectivity index (χ4v) is 4.79. The number of nitrogens with two attached hydrogens (primary N) is 1. The summed E-state index contributed by atoms with van der Waals surface area (Å²) in [6, 6.07) is 0.0370. The van der Waals surface area contributed by atoms with Crippen LogP contribution in [0, 0.1) is 0 Å². The molecule has 0 unspecified atom stereocenters. The van der Waals surface area contributed by atoms with E-state index in [0.29, 0.717) is 12.8 Å². The molecule has 0 aromatic rings. The van der Waals surface area contributed by atoms with Gasteiger partial charge in [0.2, 0.25) is 5.72 Å². The fraction of sp³-hybridized carbons (Fsp3) is 0.812. The van der Waals surface area contributed by atoms with Crippen LogP contribution in [0.15, 0.2) is 0 Å². The lowest BCUT2D eigenvalue weighted by molar-refractivity contribution is -0.190. The number of rotatable bonds is 11. The highest BCUT2D eigenvalue weighted by atomic mass is 32.2. The number of urea groups is 1. The maximum atomic E-state index is 12.0. The molecule has 160 valence electrons. The van der Waals surface area contributed by atoms with Gasteiger partial charge in [0, 0.05) is 17.4 Å². The molecule has 0 aliphatic carbocycles. The van der Waals surface area contributed by atoms with Crippen molar-refractivity contribution in [2.45, 2.75) is 67.1 Å². The SMILES string of the molecule is N[C@](C=O)(OC(=O)CCCC[C@@H]1SC[C@@H]2NC(=O)N[C@@H]21)[C@@H](O)[C@H](O)[C@H](O)CO. The summed E-state index contributed by atoms with van der Waals surface area (Å²) < 4.78 is 4.82. The standard InChI is InChI=1S/C16H27N3O8S/c17-16(7-21,14(25)13(24)9(22)5-20)27-11(23)4-2-1-3-10-12-8(6-28-10)18-15(26)19-12/h7-10,12-14,20,22,24-25H,1-6,17H2,(H2,18,19,26)/t8-,9+,10-,12-,13+,14-,16+/m0/s1. The summed E-state index contributed by atoms with van der Waals surface area (Å²) in [5.41, 5.74) is 3.01. The first-order valence-corrected chi connectivity index (χ1v) is 10.1. The van der Waals surface area contributed by atoms with E-state index in [1.54, 1.807) is 11.8 Å². The monoisotopic (exact) mass is 421 g/mol. The number of aliphatic hydroxyl groups excluding tert-OH is 4. The molecule has 2 saturated heterocycles. The second-order valence-corrected chi connectivity index (χ2v) is 8.27. The largest absolute Gasteiger partial charge is 0.434 e. The molecule has 8 N–H and O–H groups in total. The Morgan fingerprint density at radius 2 is 2.07 bits per heavy atom. The average Bonchev–Trinajstić information content (AvgIpc) is 3.22. The molecule has 0 radical (unpaired) electrons. The van der Waals surface area contributed by atoms with E-state index in [4.69, 9.17) is 15.6 Å². The number of hydrogen-bond acceptors (Lipinski definition) is 10. The van der Waals surface area contributed by atoms with Gasteiger partial charge in [-0.1, -0.05) is 6.42 Å². The van der Waals surface area contributed by atoms with Gasteiger partial charge in [-0.3, -0.25) is 15.3 Å². The summed E-state index contributed by atoms with van der Waals surface area (Å²) in [5, 5.41) is 43.7.